The molecule has 4 nitrogen and oxygen atoms in total. The summed E-state index contributed by atoms with van der Waals surface area (Å²) in [6.45, 7) is 2.28. The van der Waals surface area contributed by atoms with Crippen LogP contribution >= 0.6 is 0 Å². The Hall–Kier alpha value is -1.32. The first-order valence-electron chi connectivity index (χ1n) is 5.76. The zero-order valence-electron chi connectivity index (χ0n) is 8.82. The molecule has 0 bridgehead atoms. The molecule has 4 heteroatoms. The van der Waals surface area contributed by atoms with E-state index in [2.05, 4.69) is 20.2 Å². The molecule has 80 valence electrons. The monoisotopic (exact) mass is 204 g/mol. The molecule has 1 aromatic rings. The van der Waals surface area contributed by atoms with Gasteiger partial charge in [0.1, 0.15) is 5.82 Å². The summed E-state index contributed by atoms with van der Waals surface area (Å²) in [6.07, 6.45) is 6.95. The zero-order valence-corrected chi connectivity index (χ0v) is 8.82. The Kier molecular flexibility index (Phi) is 2.19. The minimum absolute atomic E-state index is 0.624. The smallest absolute Gasteiger partial charge is 0.224 e. The fourth-order valence-corrected chi connectivity index (χ4v) is 1.95. The Morgan fingerprint density at radius 2 is 2.07 bits per heavy atom. The Bertz CT molecular complexity index is 342. The van der Waals surface area contributed by atoms with Gasteiger partial charge in [-0.05, 0) is 31.7 Å². The van der Waals surface area contributed by atoms with Crippen molar-refractivity contribution < 1.29 is 0 Å². The molecular formula is C11H16N4. The quantitative estimate of drug-likeness (QED) is 0.812. The molecule has 1 saturated heterocycles. The fourth-order valence-electron chi connectivity index (χ4n) is 1.95. The van der Waals surface area contributed by atoms with E-state index in [1.165, 1.54) is 25.7 Å². The third kappa shape index (κ3) is 2.03. The Balaban J connectivity index is 1.75. The lowest BCUT2D eigenvalue weighted by atomic mass is 10.4. The van der Waals surface area contributed by atoms with Crippen LogP contribution < -0.4 is 10.2 Å². The summed E-state index contributed by atoms with van der Waals surface area (Å²) in [5.41, 5.74) is 0. The zero-order chi connectivity index (χ0) is 10.1. The van der Waals surface area contributed by atoms with E-state index in [1.807, 2.05) is 12.3 Å². The second-order valence-corrected chi connectivity index (χ2v) is 4.35. The molecule has 1 saturated carbocycles. The van der Waals surface area contributed by atoms with Gasteiger partial charge in [0, 0.05) is 25.3 Å². The molecule has 0 unspecified atom stereocenters. The van der Waals surface area contributed by atoms with Crippen LogP contribution in [0.1, 0.15) is 25.7 Å². The van der Waals surface area contributed by atoms with Crippen molar-refractivity contribution in [2.75, 3.05) is 23.3 Å². The Labute approximate surface area is 89.7 Å². The first-order valence-corrected chi connectivity index (χ1v) is 5.76. The number of nitrogens with zero attached hydrogens (tertiary/aromatic N) is 3. The average Bonchev–Trinajstić information content (AvgIpc) is 2.91. The van der Waals surface area contributed by atoms with E-state index in [0.717, 1.165) is 24.9 Å². The third-order valence-corrected chi connectivity index (χ3v) is 2.98. The van der Waals surface area contributed by atoms with E-state index < -0.39 is 0 Å². The predicted molar refractivity (Wildman–Crippen MR) is 60.1 cm³/mol. The Morgan fingerprint density at radius 3 is 2.80 bits per heavy atom. The summed E-state index contributed by atoms with van der Waals surface area (Å²) in [6, 6.07) is 2.63. The number of anilines is 2. The van der Waals surface area contributed by atoms with Crippen molar-refractivity contribution in [3.05, 3.63) is 12.3 Å². The second-order valence-electron chi connectivity index (χ2n) is 4.35. The van der Waals surface area contributed by atoms with Gasteiger partial charge in [0.25, 0.3) is 0 Å². The molecule has 1 N–H and O–H groups in total. The van der Waals surface area contributed by atoms with Crippen LogP contribution in [0, 0.1) is 0 Å². The molecule has 1 aliphatic heterocycles. The van der Waals surface area contributed by atoms with Crippen LogP contribution in [-0.4, -0.2) is 29.1 Å². The van der Waals surface area contributed by atoms with Crippen LogP contribution in [0.2, 0.25) is 0 Å². The van der Waals surface area contributed by atoms with E-state index in [4.69, 9.17) is 0 Å². The van der Waals surface area contributed by atoms with Crippen molar-refractivity contribution in [2.45, 2.75) is 31.7 Å². The van der Waals surface area contributed by atoms with Gasteiger partial charge < -0.3 is 10.2 Å². The number of rotatable bonds is 3. The molecule has 1 aliphatic carbocycles. The van der Waals surface area contributed by atoms with Crippen molar-refractivity contribution >= 4 is 11.8 Å². The number of nitrogens with one attached hydrogen (secondary N) is 1. The van der Waals surface area contributed by atoms with E-state index in [1.54, 1.807) is 0 Å². The molecule has 0 radical (unpaired) electrons. The van der Waals surface area contributed by atoms with Gasteiger partial charge >= 0.3 is 0 Å². The fraction of sp³-hybridized carbons (Fsp3) is 0.636. The van der Waals surface area contributed by atoms with Crippen LogP contribution in [0.5, 0.6) is 0 Å². The summed E-state index contributed by atoms with van der Waals surface area (Å²) in [5.74, 6) is 1.87. The molecule has 1 aromatic heterocycles. The molecule has 3 rings (SSSR count). The minimum atomic E-state index is 0.624. The lowest BCUT2D eigenvalue weighted by Crippen LogP contribution is -2.19. The highest BCUT2D eigenvalue weighted by Gasteiger charge is 2.22. The predicted octanol–water partition coefficient (Wildman–Crippen LogP) is 1.65. The molecule has 2 fully saturated rings. The third-order valence-electron chi connectivity index (χ3n) is 2.98. The number of hydrogen-bond acceptors (Lipinski definition) is 4. The van der Waals surface area contributed by atoms with E-state index in [0.29, 0.717) is 6.04 Å². The number of aromatic nitrogens is 2. The van der Waals surface area contributed by atoms with Gasteiger partial charge in [0.05, 0.1) is 0 Å². The van der Waals surface area contributed by atoms with E-state index in [-0.39, 0.29) is 0 Å². The highest BCUT2D eigenvalue weighted by atomic mass is 15.2. The average molecular weight is 204 g/mol. The number of hydrogen-bond donors (Lipinski definition) is 1. The van der Waals surface area contributed by atoms with Gasteiger partial charge in [-0.3, -0.25) is 0 Å². The lowest BCUT2D eigenvalue weighted by Gasteiger charge is -2.16. The van der Waals surface area contributed by atoms with E-state index >= 15 is 0 Å². The highest BCUT2D eigenvalue weighted by Crippen LogP contribution is 2.24. The molecule has 0 atom stereocenters. The molecule has 0 aromatic carbocycles. The first kappa shape index (κ1) is 8.95. The largest absolute Gasteiger partial charge is 0.356 e. The van der Waals surface area contributed by atoms with Gasteiger partial charge in [-0.25, -0.2) is 4.98 Å². The van der Waals surface area contributed by atoms with Gasteiger partial charge in [-0.2, -0.15) is 4.98 Å². The molecule has 0 amide bonds. The summed E-state index contributed by atoms with van der Waals surface area (Å²) >= 11 is 0. The van der Waals surface area contributed by atoms with Crippen molar-refractivity contribution in [1.82, 2.24) is 9.97 Å². The summed E-state index contributed by atoms with van der Waals surface area (Å²) < 4.78 is 0. The van der Waals surface area contributed by atoms with Crippen molar-refractivity contribution in [1.29, 1.82) is 0 Å². The molecule has 15 heavy (non-hydrogen) atoms. The molecule has 2 heterocycles. The highest BCUT2D eigenvalue weighted by molar-refractivity contribution is 5.43. The second kappa shape index (κ2) is 3.68. The minimum Gasteiger partial charge on any atom is -0.356 e. The van der Waals surface area contributed by atoms with E-state index in [9.17, 15) is 0 Å². The normalized spacial score (nSPS) is 20.7. The first-order chi connectivity index (χ1) is 7.42. The van der Waals surface area contributed by atoms with Gasteiger partial charge in [0.2, 0.25) is 5.95 Å². The summed E-state index contributed by atoms with van der Waals surface area (Å²) in [4.78, 5) is 11.1. The van der Waals surface area contributed by atoms with Gasteiger partial charge in [-0.15, -0.1) is 0 Å². The molecular weight excluding hydrogens is 188 g/mol. The SMILES string of the molecule is c1cc(N2CCCC2)nc(NC2CC2)n1. The van der Waals surface area contributed by atoms with Gasteiger partial charge in [0.15, 0.2) is 0 Å². The van der Waals surface area contributed by atoms with Crippen molar-refractivity contribution in [2.24, 2.45) is 0 Å². The maximum Gasteiger partial charge on any atom is 0.224 e. The maximum atomic E-state index is 4.54. The van der Waals surface area contributed by atoms with Crippen LogP contribution in [-0.2, 0) is 0 Å². The topological polar surface area (TPSA) is 41.1 Å². The molecule has 0 spiro atoms. The van der Waals surface area contributed by atoms with Crippen molar-refractivity contribution in [3.63, 3.8) is 0 Å². The van der Waals surface area contributed by atoms with Crippen LogP contribution in [0.3, 0.4) is 0 Å². The maximum absolute atomic E-state index is 4.54. The van der Waals surface area contributed by atoms with Crippen LogP contribution in [0.15, 0.2) is 12.3 Å². The van der Waals surface area contributed by atoms with Crippen molar-refractivity contribution in [3.8, 4) is 0 Å². The van der Waals surface area contributed by atoms with Crippen LogP contribution in [0.4, 0.5) is 11.8 Å². The summed E-state index contributed by atoms with van der Waals surface area (Å²) in [7, 11) is 0. The van der Waals surface area contributed by atoms with Gasteiger partial charge in [-0.1, -0.05) is 0 Å². The van der Waals surface area contributed by atoms with Crippen LogP contribution in [0.25, 0.3) is 0 Å². The standard InChI is InChI=1S/C11H16N4/c1-2-8-15(7-1)10-5-6-12-11(14-10)13-9-3-4-9/h5-6,9H,1-4,7-8H2,(H,12,13,14). The molecule has 2 aliphatic rings. The Morgan fingerprint density at radius 1 is 1.27 bits per heavy atom. The lowest BCUT2D eigenvalue weighted by molar-refractivity contribution is 0.922. The summed E-state index contributed by atoms with van der Waals surface area (Å²) in [5, 5.41) is 3.33.